The molecule has 7 rings (SSSR count). The van der Waals surface area contributed by atoms with E-state index < -0.39 is 0 Å². The molecule has 0 spiro atoms. The first-order valence-corrected chi connectivity index (χ1v) is 12.2. The van der Waals surface area contributed by atoms with Gasteiger partial charge in [0, 0.05) is 36.1 Å². The van der Waals surface area contributed by atoms with E-state index in [4.69, 9.17) is 17.3 Å². The van der Waals surface area contributed by atoms with Crippen molar-refractivity contribution in [3.8, 4) is 0 Å². The van der Waals surface area contributed by atoms with Crippen LogP contribution in [-0.4, -0.2) is 36.4 Å². The van der Waals surface area contributed by atoms with Crippen LogP contribution >= 0.6 is 11.6 Å². The van der Waals surface area contributed by atoms with Crippen molar-refractivity contribution in [1.82, 2.24) is 29.9 Å². The van der Waals surface area contributed by atoms with Gasteiger partial charge in [-0.2, -0.15) is 0 Å². The third kappa shape index (κ3) is 4.64. The van der Waals surface area contributed by atoms with E-state index in [1.807, 2.05) is 48.7 Å². The lowest BCUT2D eigenvalue weighted by atomic mass is 10.2. The molecule has 0 unspecified atom stereocenters. The van der Waals surface area contributed by atoms with Crippen LogP contribution in [0.1, 0.15) is 11.1 Å². The number of H-pyrrole nitrogens is 2. The quantitative estimate of drug-likeness (QED) is 0.249. The minimum atomic E-state index is 0.590. The van der Waals surface area contributed by atoms with Gasteiger partial charge in [-0.25, -0.2) is 19.9 Å². The van der Waals surface area contributed by atoms with Crippen molar-refractivity contribution in [3.63, 3.8) is 0 Å². The van der Waals surface area contributed by atoms with Crippen LogP contribution in [0.4, 0.5) is 23.1 Å². The highest BCUT2D eigenvalue weighted by Crippen LogP contribution is 2.37. The molecule has 10 heteroatoms. The number of nitrogens with one attached hydrogen (secondary N) is 3. The molecule has 4 aromatic heterocycles. The zero-order valence-electron chi connectivity index (χ0n) is 19.8. The molecule has 37 heavy (non-hydrogen) atoms. The lowest BCUT2D eigenvalue weighted by molar-refractivity contribution is 0.973. The lowest BCUT2D eigenvalue weighted by Crippen LogP contribution is -2.15. The van der Waals surface area contributed by atoms with Gasteiger partial charge in [0.15, 0.2) is 11.6 Å². The minimum Gasteiger partial charge on any atom is -0.385 e. The molecule has 5 heterocycles. The Labute approximate surface area is 217 Å². The highest BCUT2D eigenvalue weighted by molar-refractivity contribution is 6.31. The number of hydrogen-bond donors (Lipinski definition) is 4. The van der Waals surface area contributed by atoms with Crippen molar-refractivity contribution in [2.45, 2.75) is 13.0 Å². The van der Waals surface area contributed by atoms with Gasteiger partial charge in [0.1, 0.15) is 29.5 Å². The normalized spacial score (nSPS) is 12.4. The van der Waals surface area contributed by atoms with Crippen molar-refractivity contribution in [2.24, 2.45) is 0 Å². The molecular formula is C27H24ClN9. The summed E-state index contributed by atoms with van der Waals surface area (Å²) in [5.74, 6) is 2.27. The number of aromatic amines is 2. The average molecular weight is 510 g/mol. The van der Waals surface area contributed by atoms with Crippen LogP contribution in [0.5, 0.6) is 0 Å². The molecule has 2 aromatic carbocycles. The Bertz CT molecular complexity index is 1680. The Balaban J connectivity index is 0.000000138. The van der Waals surface area contributed by atoms with Gasteiger partial charge < -0.3 is 25.9 Å². The van der Waals surface area contributed by atoms with Crippen LogP contribution in [0.25, 0.3) is 22.1 Å². The summed E-state index contributed by atoms with van der Waals surface area (Å²) < 4.78 is 0. The molecule has 5 N–H and O–H groups in total. The number of nitrogens with two attached hydrogens (primary N) is 1. The smallest absolute Gasteiger partial charge is 0.160 e. The number of anilines is 4. The molecule has 9 nitrogen and oxygen atoms in total. The van der Waals surface area contributed by atoms with Crippen molar-refractivity contribution in [1.29, 1.82) is 0 Å². The second-order valence-corrected chi connectivity index (χ2v) is 9.09. The molecule has 1 aliphatic rings. The summed E-state index contributed by atoms with van der Waals surface area (Å²) >= 11 is 6.11. The third-order valence-electron chi connectivity index (χ3n) is 6.26. The number of aromatic nitrogens is 6. The number of nitrogens with zero attached hydrogens (tertiary/aromatic N) is 5. The summed E-state index contributed by atoms with van der Waals surface area (Å²) in [6.45, 7) is 1.63. The highest BCUT2D eigenvalue weighted by atomic mass is 35.5. The van der Waals surface area contributed by atoms with Gasteiger partial charge in [0.25, 0.3) is 0 Å². The summed E-state index contributed by atoms with van der Waals surface area (Å²) in [4.78, 5) is 25.5. The molecule has 0 saturated carbocycles. The Morgan fingerprint density at radius 3 is 2.65 bits per heavy atom. The number of hydrogen-bond acceptors (Lipinski definition) is 7. The third-order valence-corrected chi connectivity index (χ3v) is 6.50. The topological polar surface area (TPSA) is 124 Å². The molecule has 0 amide bonds. The Morgan fingerprint density at radius 2 is 1.76 bits per heavy atom. The fourth-order valence-electron chi connectivity index (χ4n) is 4.51. The van der Waals surface area contributed by atoms with E-state index in [9.17, 15) is 0 Å². The minimum absolute atomic E-state index is 0.590. The number of nitrogen functional groups attached to an aromatic ring is 1. The zero-order chi connectivity index (χ0) is 25.2. The SMILES string of the molecule is Nc1cc2ncnc(N3CCc4ccc(Cl)cc43)c2[nH]1.c1ccc(CNc2ncnc3cc[nH]c23)cc1. The predicted molar refractivity (Wildman–Crippen MR) is 148 cm³/mol. The monoisotopic (exact) mass is 509 g/mol. The first-order chi connectivity index (χ1) is 18.2. The predicted octanol–water partition coefficient (Wildman–Crippen LogP) is 5.46. The molecule has 0 bridgehead atoms. The maximum atomic E-state index is 6.11. The van der Waals surface area contributed by atoms with E-state index in [1.54, 1.807) is 12.7 Å². The van der Waals surface area contributed by atoms with E-state index >= 15 is 0 Å². The van der Waals surface area contributed by atoms with E-state index in [-0.39, 0.29) is 0 Å². The molecule has 6 aromatic rings. The van der Waals surface area contributed by atoms with Gasteiger partial charge in [0.2, 0.25) is 0 Å². The number of benzene rings is 2. The fourth-order valence-corrected chi connectivity index (χ4v) is 4.68. The van der Waals surface area contributed by atoms with Crippen molar-refractivity contribution < 1.29 is 0 Å². The van der Waals surface area contributed by atoms with Gasteiger partial charge in [-0.1, -0.05) is 48.0 Å². The van der Waals surface area contributed by atoms with Gasteiger partial charge in [-0.05, 0) is 35.7 Å². The summed E-state index contributed by atoms with van der Waals surface area (Å²) in [6, 6.07) is 20.0. The summed E-state index contributed by atoms with van der Waals surface area (Å²) in [7, 11) is 0. The van der Waals surface area contributed by atoms with Gasteiger partial charge in [0.05, 0.1) is 11.0 Å². The molecule has 0 saturated heterocycles. The number of rotatable bonds is 4. The first-order valence-electron chi connectivity index (χ1n) is 11.9. The molecule has 0 atom stereocenters. The van der Waals surface area contributed by atoms with Gasteiger partial charge in [-0.3, -0.25) is 0 Å². The number of halogens is 1. The lowest BCUT2D eigenvalue weighted by Gasteiger charge is -2.18. The van der Waals surface area contributed by atoms with Crippen molar-refractivity contribution in [3.05, 3.63) is 95.7 Å². The van der Waals surface area contributed by atoms with Crippen LogP contribution in [0.3, 0.4) is 0 Å². The van der Waals surface area contributed by atoms with Gasteiger partial charge >= 0.3 is 0 Å². The molecular weight excluding hydrogens is 486 g/mol. The van der Waals surface area contributed by atoms with Crippen molar-refractivity contribution >= 4 is 56.8 Å². The standard InChI is InChI=1S/C14H12ClN5.C13H12N4/c15-9-2-1-8-3-4-20(11(8)5-9)14-13-10(17-7-18-14)6-12(16)19-13;1-2-4-10(5-3-1)8-15-13-12-11(6-7-14-12)16-9-17-13/h1-2,5-7,19H,3-4,16H2;1-7,9,14H,8H2,(H,15,16,17). The van der Waals surface area contributed by atoms with Crippen LogP contribution in [0, 0.1) is 0 Å². The van der Waals surface area contributed by atoms with E-state index in [0.29, 0.717) is 5.82 Å². The second-order valence-electron chi connectivity index (χ2n) is 8.66. The molecule has 184 valence electrons. The van der Waals surface area contributed by atoms with Crippen LogP contribution in [0.15, 0.2) is 79.5 Å². The zero-order valence-corrected chi connectivity index (χ0v) is 20.6. The Kier molecular flexibility index (Phi) is 6.03. The van der Waals surface area contributed by atoms with Crippen LogP contribution in [0.2, 0.25) is 5.02 Å². The van der Waals surface area contributed by atoms with Crippen LogP contribution in [-0.2, 0) is 13.0 Å². The first kappa shape index (κ1) is 22.8. The molecule has 0 aliphatic carbocycles. The van der Waals surface area contributed by atoms with Gasteiger partial charge in [-0.15, -0.1) is 0 Å². The maximum absolute atomic E-state index is 6.11. The Hall–Kier alpha value is -4.63. The summed E-state index contributed by atoms with van der Waals surface area (Å²) in [5, 5.41) is 4.04. The molecule has 0 fully saturated rings. The average Bonchev–Trinajstić information content (AvgIpc) is 3.65. The highest BCUT2D eigenvalue weighted by Gasteiger charge is 2.24. The second kappa shape index (κ2) is 9.79. The largest absolute Gasteiger partial charge is 0.385 e. The fraction of sp³-hybridized carbons (Fsp3) is 0.111. The Morgan fingerprint density at radius 1 is 0.919 bits per heavy atom. The number of fused-ring (bicyclic) bond motifs is 3. The van der Waals surface area contributed by atoms with E-state index in [2.05, 4.69) is 58.3 Å². The van der Waals surface area contributed by atoms with Crippen LogP contribution < -0.4 is 16.0 Å². The van der Waals surface area contributed by atoms with Crippen molar-refractivity contribution in [2.75, 3.05) is 22.5 Å². The molecule has 1 aliphatic heterocycles. The van der Waals surface area contributed by atoms with E-state index in [1.165, 1.54) is 11.1 Å². The van der Waals surface area contributed by atoms with E-state index in [0.717, 1.165) is 63.9 Å². The summed E-state index contributed by atoms with van der Waals surface area (Å²) in [5.41, 5.74) is 13.0. The molecule has 0 radical (unpaired) electrons. The summed E-state index contributed by atoms with van der Waals surface area (Å²) in [6.07, 6.45) is 5.98. The maximum Gasteiger partial charge on any atom is 0.160 e.